The molecule has 1 N–H and O–H groups in total. The van der Waals surface area contributed by atoms with E-state index in [4.69, 9.17) is 14.2 Å². The van der Waals surface area contributed by atoms with Crippen molar-refractivity contribution < 1.29 is 23.5 Å². The van der Waals surface area contributed by atoms with E-state index in [1.165, 1.54) is 0 Å². The molecule has 0 aromatic heterocycles. The van der Waals surface area contributed by atoms with Crippen molar-refractivity contribution in [2.75, 3.05) is 6.61 Å². The zero-order valence-electron chi connectivity index (χ0n) is 9.04. The molecule has 0 saturated heterocycles. The fourth-order valence-electron chi connectivity index (χ4n) is 1.20. The van der Waals surface area contributed by atoms with E-state index in [1.54, 1.807) is 30.3 Å². The van der Waals surface area contributed by atoms with Crippen molar-refractivity contribution in [2.24, 2.45) is 0 Å². The molecule has 0 aliphatic heterocycles. The van der Waals surface area contributed by atoms with Gasteiger partial charge in [-0.15, -0.1) is 0 Å². The first-order valence-electron chi connectivity index (χ1n) is 4.87. The molecule has 0 spiro atoms. The number of rotatable bonds is 6. The van der Waals surface area contributed by atoms with Gasteiger partial charge in [-0.3, -0.25) is 9.09 Å². The smallest absolute Gasteiger partial charge is 0.330 e. The maximum atomic E-state index is 10.9. The van der Waals surface area contributed by atoms with Crippen LogP contribution in [-0.2, 0) is 18.6 Å². The zero-order chi connectivity index (χ0) is 12.7. The molecule has 5 nitrogen and oxygen atoms in total. The van der Waals surface area contributed by atoms with Gasteiger partial charge in [0.2, 0.25) is 0 Å². The highest BCUT2D eigenvalue weighted by Gasteiger charge is 2.15. The Morgan fingerprint density at radius 1 is 1.47 bits per heavy atom. The van der Waals surface area contributed by atoms with Gasteiger partial charge in [0.25, 0.3) is 0 Å². The molecule has 0 aliphatic carbocycles. The van der Waals surface area contributed by atoms with Gasteiger partial charge in [-0.2, -0.15) is 0 Å². The molecule has 0 aliphatic rings. The van der Waals surface area contributed by atoms with E-state index in [0.29, 0.717) is 5.56 Å². The minimum atomic E-state index is -3.10. The minimum absolute atomic E-state index is 0.133. The topological polar surface area (TPSA) is 72.8 Å². The standard InChI is InChI=1S/C11H13O5P/c1-2-11(12)15-8-10(16-17(13)14)9-6-4-3-5-7-9/h2-7,10,17H,1,8H2,(H,13,14). The summed E-state index contributed by atoms with van der Waals surface area (Å²) in [5, 5.41) is 0. The van der Waals surface area contributed by atoms with E-state index in [9.17, 15) is 9.36 Å². The quantitative estimate of drug-likeness (QED) is 0.477. The van der Waals surface area contributed by atoms with Crippen molar-refractivity contribution in [1.29, 1.82) is 0 Å². The average Bonchev–Trinajstić information content (AvgIpc) is 2.34. The highest BCUT2D eigenvalue weighted by molar-refractivity contribution is 7.32. The number of ether oxygens (including phenoxy) is 1. The molecule has 2 unspecified atom stereocenters. The number of carbonyl (C=O) groups is 1. The molecule has 0 saturated carbocycles. The Labute approximate surface area is 99.6 Å². The van der Waals surface area contributed by atoms with E-state index in [2.05, 4.69) is 6.58 Å². The first-order chi connectivity index (χ1) is 8.13. The lowest BCUT2D eigenvalue weighted by Gasteiger charge is -2.15. The first kappa shape index (κ1) is 13.6. The molecule has 0 bridgehead atoms. The Hall–Kier alpha value is -1.42. The molecule has 0 heterocycles. The third kappa shape index (κ3) is 4.95. The lowest BCUT2D eigenvalue weighted by Crippen LogP contribution is -2.12. The fraction of sp³-hybridized carbons (Fsp3) is 0.182. The normalized spacial score (nSPS) is 13.7. The maximum Gasteiger partial charge on any atom is 0.330 e. The number of benzene rings is 1. The molecule has 0 amide bonds. The van der Waals surface area contributed by atoms with Crippen LogP contribution < -0.4 is 0 Å². The summed E-state index contributed by atoms with van der Waals surface area (Å²) < 4.78 is 20.3. The number of hydrogen-bond acceptors (Lipinski definition) is 4. The lowest BCUT2D eigenvalue weighted by molar-refractivity contribution is -0.140. The second-order valence-electron chi connectivity index (χ2n) is 3.12. The van der Waals surface area contributed by atoms with Crippen LogP contribution >= 0.6 is 8.25 Å². The molecule has 17 heavy (non-hydrogen) atoms. The van der Waals surface area contributed by atoms with Crippen LogP contribution in [0.4, 0.5) is 0 Å². The second-order valence-corrected chi connectivity index (χ2v) is 3.88. The summed E-state index contributed by atoms with van der Waals surface area (Å²) in [4.78, 5) is 19.7. The van der Waals surface area contributed by atoms with Gasteiger partial charge < -0.3 is 9.63 Å². The molecule has 6 heteroatoms. The van der Waals surface area contributed by atoms with Crippen LogP contribution in [0, 0.1) is 0 Å². The fourth-order valence-corrected chi connectivity index (χ4v) is 1.65. The highest BCUT2D eigenvalue weighted by atomic mass is 31.1. The largest absolute Gasteiger partial charge is 0.459 e. The van der Waals surface area contributed by atoms with Gasteiger partial charge in [-0.1, -0.05) is 36.9 Å². The molecule has 0 fully saturated rings. The van der Waals surface area contributed by atoms with Gasteiger partial charge in [-0.05, 0) is 5.56 Å². The summed E-state index contributed by atoms with van der Waals surface area (Å²) in [6.07, 6.45) is 0.265. The van der Waals surface area contributed by atoms with Crippen LogP contribution in [0.1, 0.15) is 11.7 Å². The highest BCUT2D eigenvalue weighted by Crippen LogP contribution is 2.28. The summed E-state index contributed by atoms with van der Waals surface area (Å²) in [5.41, 5.74) is 0.664. The average molecular weight is 256 g/mol. The third-order valence-corrected chi connectivity index (χ3v) is 2.44. The van der Waals surface area contributed by atoms with Crippen LogP contribution in [0.3, 0.4) is 0 Å². The van der Waals surface area contributed by atoms with Crippen molar-refractivity contribution in [2.45, 2.75) is 6.10 Å². The minimum Gasteiger partial charge on any atom is -0.459 e. The molecule has 1 aromatic carbocycles. The Balaban J connectivity index is 2.70. The molecular weight excluding hydrogens is 243 g/mol. The SMILES string of the molecule is C=CC(=O)OCC(O[PH](=O)O)c1ccccc1. The second kappa shape index (κ2) is 7.01. The van der Waals surface area contributed by atoms with Crippen molar-refractivity contribution in [3.05, 3.63) is 48.6 Å². The van der Waals surface area contributed by atoms with Crippen LogP contribution in [0.15, 0.2) is 43.0 Å². The zero-order valence-corrected chi connectivity index (χ0v) is 10.0. The maximum absolute atomic E-state index is 10.9. The Bertz CT molecular complexity index is 404. The molecule has 2 atom stereocenters. The van der Waals surface area contributed by atoms with E-state index >= 15 is 0 Å². The van der Waals surface area contributed by atoms with Crippen molar-refractivity contribution in [1.82, 2.24) is 0 Å². The molecule has 0 radical (unpaired) electrons. The lowest BCUT2D eigenvalue weighted by atomic mass is 10.1. The molecular formula is C11H13O5P. The van der Waals surface area contributed by atoms with Gasteiger partial charge in [0.15, 0.2) is 0 Å². The van der Waals surface area contributed by atoms with Gasteiger partial charge in [0.1, 0.15) is 12.7 Å². The van der Waals surface area contributed by atoms with Gasteiger partial charge in [0, 0.05) is 6.08 Å². The van der Waals surface area contributed by atoms with Gasteiger partial charge in [0.05, 0.1) is 0 Å². The van der Waals surface area contributed by atoms with Crippen LogP contribution in [-0.4, -0.2) is 17.5 Å². The van der Waals surface area contributed by atoms with Crippen molar-refractivity contribution >= 4 is 14.2 Å². The van der Waals surface area contributed by atoms with E-state index in [1.807, 2.05) is 0 Å². The number of carbonyl (C=O) groups excluding carboxylic acids is 1. The van der Waals surface area contributed by atoms with Gasteiger partial charge in [-0.25, -0.2) is 4.79 Å². The summed E-state index contributed by atoms with van der Waals surface area (Å²) in [5.74, 6) is -0.604. The van der Waals surface area contributed by atoms with Crippen LogP contribution in [0.2, 0.25) is 0 Å². The van der Waals surface area contributed by atoms with Crippen molar-refractivity contribution in [3.8, 4) is 0 Å². The van der Waals surface area contributed by atoms with E-state index in [-0.39, 0.29) is 6.61 Å². The molecule has 1 rings (SSSR count). The number of hydrogen-bond donors (Lipinski definition) is 1. The van der Waals surface area contributed by atoms with Crippen LogP contribution in [0.25, 0.3) is 0 Å². The van der Waals surface area contributed by atoms with Crippen molar-refractivity contribution in [3.63, 3.8) is 0 Å². The molecule has 92 valence electrons. The Morgan fingerprint density at radius 3 is 2.65 bits per heavy atom. The third-order valence-electron chi connectivity index (χ3n) is 1.96. The predicted octanol–water partition coefficient (Wildman–Crippen LogP) is 1.86. The monoisotopic (exact) mass is 256 g/mol. The summed E-state index contributed by atoms with van der Waals surface area (Å²) >= 11 is 0. The number of esters is 1. The summed E-state index contributed by atoms with van der Waals surface area (Å²) in [6, 6.07) is 8.76. The Kier molecular flexibility index (Phi) is 5.63. The van der Waals surface area contributed by atoms with Gasteiger partial charge >= 0.3 is 14.2 Å². The molecule has 1 aromatic rings. The summed E-state index contributed by atoms with van der Waals surface area (Å²) in [6.45, 7) is 3.12. The first-order valence-corrected chi connectivity index (χ1v) is 6.13. The van der Waals surface area contributed by atoms with E-state index in [0.717, 1.165) is 6.08 Å². The Morgan fingerprint density at radius 2 is 2.12 bits per heavy atom. The van der Waals surface area contributed by atoms with Crippen LogP contribution in [0.5, 0.6) is 0 Å². The van der Waals surface area contributed by atoms with E-state index < -0.39 is 20.3 Å². The predicted molar refractivity (Wildman–Crippen MR) is 62.6 cm³/mol. The summed E-state index contributed by atoms with van der Waals surface area (Å²) in [7, 11) is -3.10.